The molecule has 0 spiro atoms. The molecule has 0 bridgehead atoms. The van der Waals surface area contributed by atoms with Gasteiger partial charge in [-0.3, -0.25) is 4.79 Å². The van der Waals surface area contributed by atoms with Crippen LogP contribution in [-0.2, 0) is 6.54 Å². The number of hydrogen-bond acceptors (Lipinski definition) is 4. The molecule has 2 aromatic heterocycles. The smallest absolute Gasteiger partial charge is 0.349 e. The summed E-state index contributed by atoms with van der Waals surface area (Å²) in [5.41, 5.74) is 0.0785. The average Bonchev–Trinajstić information content (AvgIpc) is 3.32. The Bertz CT molecular complexity index is 939. The highest BCUT2D eigenvalue weighted by molar-refractivity contribution is 7.09. The van der Waals surface area contributed by atoms with Gasteiger partial charge in [-0.05, 0) is 36.4 Å². The minimum atomic E-state index is -0.558. The van der Waals surface area contributed by atoms with Crippen LogP contribution in [0, 0.1) is 0 Å². The summed E-state index contributed by atoms with van der Waals surface area (Å²) in [5.74, 6) is -0.222. The van der Waals surface area contributed by atoms with Gasteiger partial charge in [-0.25, -0.2) is 4.79 Å². The van der Waals surface area contributed by atoms with Crippen LogP contribution in [0.5, 0.6) is 0 Å². The second-order valence-corrected chi connectivity index (χ2v) is 7.47. The van der Waals surface area contributed by atoms with Crippen molar-refractivity contribution in [2.45, 2.75) is 38.3 Å². The molecule has 25 heavy (non-hydrogen) atoms. The molecule has 3 aromatic rings. The van der Waals surface area contributed by atoms with Crippen molar-refractivity contribution in [3.8, 4) is 0 Å². The second-order valence-electron chi connectivity index (χ2n) is 6.44. The lowest BCUT2D eigenvalue weighted by atomic mass is 10.1. The van der Waals surface area contributed by atoms with E-state index in [0.717, 1.165) is 35.9 Å². The van der Waals surface area contributed by atoms with Gasteiger partial charge in [0.05, 0.1) is 6.54 Å². The van der Waals surface area contributed by atoms with Crippen LogP contribution in [0.3, 0.4) is 0 Å². The molecule has 0 radical (unpaired) electrons. The largest absolute Gasteiger partial charge is 0.422 e. The molecule has 128 valence electrons. The van der Waals surface area contributed by atoms with E-state index in [0.29, 0.717) is 12.1 Å². The van der Waals surface area contributed by atoms with E-state index in [1.165, 1.54) is 0 Å². The maximum Gasteiger partial charge on any atom is 0.349 e. The fourth-order valence-corrected chi connectivity index (χ4v) is 4.22. The van der Waals surface area contributed by atoms with Gasteiger partial charge in [0.25, 0.3) is 5.91 Å². The van der Waals surface area contributed by atoms with Crippen molar-refractivity contribution in [3.63, 3.8) is 0 Å². The number of carbonyl (C=O) groups is 1. The summed E-state index contributed by atoms with van der Waals surface area (Å²) in [5, 5.41) is 2.78. The summed E-state index contributed by atoms with van der Waals surface area (Å²) in [4.78, 5) is 28.6. The lowest BCUT2D eigenvalue weighted by molar-refractivity contribution is 0.0662. The standard InChI is InChI=1S/C20H19NO3S/c22-19(17-12-14-6-1-4-10-18(14)24-20(17)23)21(15-7-2-3-8-15)13-16-9-5-11-25-16/h1,4-6,9-12,15H,2-3,7-8,13H2. The van der Waals surface area contributed by atoms with E-state index >= 15 is 0 Å². The first-order valence-electron chi connectivity index (χ1n) is 8.58. The molecule has 1 aromatic carbocycles. The molecule has 0 saturated heterocycles. The Labute approximate surface area is 149 Å². The number of para-hydroxylation sites is 1. The number of amides is 1. The predicted molar refractivity (Wildman–Crippen MR) is 98.9 cm³/mol. The van der Waals surface area contributed by atoms with Crippen LogP contribution >= 0.6 is 11.3 Å². The van der Waals surface area contributed by atoms with Crippen molar-refractivity contribution in [3.05, 3.63) is 68.7 Å². The van der Waals surface area contributed by atoms with E-state index < -0.39 is 5.63 Å². The van der Waals surface area contributed by atoms with Gasteiger partial charge >= 0.3 is 5.63 Å². The van der Waals surface area contributed by atoms with Crippen LogP contribution < -0.4 is 5.63 Å². The zero-order valence-electron chi connectivity index (χ0n) is 13.8. The third-order valence-corrected chi connectivity index (χ3v) is 5.67. The SMILES string of the molecule is O=C(c1cc2ccccc2oc1=O)N(Cc1cccs1)C1CCCC1. The molecule has 1 aliphatic carbocycles. The van der Waals surface area contributed by atoms with Gasteiger partial charge in [-0.15, -0.1) is 11.3 Å². The minimum Gasteiger partial charge on any atom is -0.422 e. The zero-order valence-corrected chi connectivity index (χ0v) is 14.6. The van der Waals surface area contributed by atoms with Gasteiger partial charge in [0.15, 0.2) is 0 Å². The lowest BCUT2D eigenvalue weighted by Crippen LogP contribution is -2.40. The number of hydrogen-bond donors (Lipinski definition) is 0. The molecule has 1 fully saturated rings. The summed E-state index contributed by atoms with van der Waals surface area (Å²) in [6.07, 6.45) is 4.25. The van der Waals surface area contributed by atoms with Crippen LogP contribution in [0.4, 0.5) is 0 Å². The molecule has 2 heterocycles. The van der Waals surface area contributed by atoms with E-state index in [1.807, 2.05) is 40.6 Å². The summed E-state index contributed by atoms with van der Waals surface area (Å²) in [6, 6.07) is 13.2. The van der Waals surface area contributed by atoms with Crippen LogP contribution in [-0.4, -0.2) is 16.8 Å². The molecular weight excluding hydrogens is 334 g/mol. The number of thiophene rings is 1. The summed E-state index contributed by atoms with van der Waals surface area (Å²) < 4.78 is 5.36. The molecule has 0 N–H and O–H groups in total. The maximum atomic E-state index is 13.2. The van der Waals surface area contributed by atoms with E-state index in [-0.39, 0.29) is 17.5 Å². The van der Waals surface area contributed by atoms with Gasteiger partial charge < -0.3 is 9.32 Å². The number of carbonyl (C=O) groups excluding carboxylic acids is 1. The molecular formula is C20H19NO3S. The molecule has 0 unspecified atom stereocenters. The van der Waals surface area contributed by atoms with Crippen molar-refractivity contribution in [1.29, 1.82) is 0 Å². The molecule has 4 nitrogen and oxygen atoms in total. The molecule has 1 saturated carbocycles. The third kappa shape index (κ3) is 3.24. The molecule has 1 amide bonds. The van der Waals surface area contributed by atoms with Crippen molar-refractivity contribution in [2.24, 2.45) is 0 Å². The first kappa shape index (κ1) is 16.1. The number of fused-ring (bicyclic) bond motifs is 1. The summed E-state index contributed by atoms with van der Waals surface area (Å²) in [6.45, 7) is 0.549. The molecule has 0 aliphatic heterocycles. The molecule has 1 aliphatic rings. The third-order valence-electron chi connectivity index (χ3n) is 4.80. The van der Waals surface area contributed by atoms with Crippen molar-refractivity contribution >= 4 is 28.2 Å². The highest BCUT2D eigenvalue weighted by Gasteiger charge is 2.29. The zero-order chi connectivity index (χ0) is 17.2. The lowest BCUT2D eigenvalue weighted by Gasteiger charge is -2.28. The number of rotatable bonds is 4. The number of nitrogens with zero attached hydrogens (tertiary/aromatic N) is 1. The number of benzene rings is 1. The Morgan fingerprint density at radius 1 is 1.16 bits per heavy atom. The maximum absolute atomic E-state index is 13.2. The predicted octanol–water partition coefficient (Wildman–Crippen LogP) is 4.44. The Hall–Kier alpha value is -2.40. The summed E-state index contributed by atoms with van der Waals surface area (Å²) >= 11 is 1.63. The quantitative estimate of drug-likeness (QED) is 0.652. The van der Waals surface area contributed by atoms with Crippen molar-refractivity contribution in [1.82, 2.24) is 4.90 Å². The van der Waals surface area contributed by atoms with Gasteiger partial charge in [0, 0.05) is 16.3 Å². The first-order valence-corrected chi connectivity index (χ1v) is 9.46. The van der Waals surface area contributed by atoms with E-state index in [4.69, 9.17) is 4.42 Å². The minimum absolute atomic E-state index is 0.127. The van der Waals surface area contributed by atoms with E-state index in [9.17, 15) is 9.59 Å². The molecule has 5 heteroatoms. The Morgan fingerprint density at radius 2 is 1.96 bits per heavy atom. The van der Waals surface area contributed by atoms with E-state index in [2.05, 4.69) is 0 Å². The van der Waals surface area contributed by atoms with Crippen LogP contribution in [0.25, 0.3) is 11.0 Å². The fourth-order valence-electron chi connectivity index (χ4n) is 3.52. The molecule has 0 atom stereocenters. The normalized spacial score (nSPS) is 14.9. The van der Waals surface area contributed by atoms with Crippen LogP contribution in [0.1, 0.15) is 40.9 Å². The van der Waals surface area contributed by atoms with Gasteiger partial charge in [-0.1, -0.05) is 37.1 Å². The second kappa shape index (κ2) is 6.84. The van der Waals surface area contributed by atoms with Crippen LogP contribution in [0.2, 0.25) is 0 Å². The first-order chi connectivity index (χ1) is 12.2. The highest BCUT2D eigenvalue weighted by atomic mass is 32.1. The van der Waals surface area contributed by atoms with Gasteiger partial charge in [-0.2, -0.15) is 0 Å². The van der Waals surface area contributed by atoms with Crippen molar-refractivity contribution in [2.75, 3.05) is 0 Å². The molecule has 4 rings (SSSR count). The van der Waals surface area contributed by atoms with Gasteiger partial charge in [0.2, 0.25) is 0 Å². The van der Waals surface area contributed by atoms with Crippen molar-refractivity contribution < 1.29 is 9.21 Å². The Kier molecular flexibility index (Phi) is 4.40. The Morgan fingerprint density at radius 3 is 2.72 bits per heavy atom. The van der Waals surface area contributed by atoms with Crippen LogP contribution in [0.15, 0.2) is 57.1 Å². The van der Waals surface area contributed by atoms with Gasteiger partial charge in [0.1, 0.15) is 11.1 Å². The fraction of sp³-hybridized carbons (Fsp3) is 0.300. The summed E-state index contributed by atoms with van der Waals surface area (Å²) in [7, 11) is 0. The van der Waals surface area contributed by atoms with E-state index in [1.54, 1.807) is 23.5 Å². The Balaban J connectivity index is 1.72. The highest BCUT2D eigenvalue weighted by Crippen LogP contribution is 2.27. The topological polar surface area (TPSA) is 50.5 Å². The average molecular weight is 353 g/mol. The monoisotopic (exact) mass is 353 g/mol.